The lowest BCUT2D eigenvalue weighted by Gasteiger charge is -2.31. The molecule has 0 aliphatic carbocycles. The molecule has 1 aromatic rings. The van der Waals surface area contributed by atoms with Crippen LogP contribution in [0.1, 0.15) is 18.1 Å². The van der Waals surface area contributed by atoms with Crippen molar-refractivity contribution in [1.82, 2.24) is 9.62 Å². The van der Waals surface area contributed by atoms with E-state index in [1.807, 2.05) is 13.0 Å². The van der Waals surface area contributed by atoms with Crippen molar-refractivity contribution in [3.05, 3.63) is 35.4 Å². The summed E-state index contributed by atoms with van der Waals surface area (Å²) in [5.41, 5.74) is 1.25. The molecule has 0 spiro atoms. The zero-order valence-corrected chi connectivity index (χ0v) is 11.7. The zero-order chi connectivity index (χ0) is 13.9. The first kappa shape index (κ1) is 14.0. The average molecular weight is 279 g/mol. The third-order valence-corrected chi connectivity index (χ3v) is 4.97. The van der Waals surface area contributed by atoms with Gasteiger partial charge in [0.1, 0.15) is 0 Å². The van der Waals surface area contributed by atoms with Crippen molar-refractivity contribution in [2.75, 3.05) is 19.6 Å². The number of rotatable bonds is 3. The van der Waals surface area contributed by atoms with Crippen LogP contribution in [0.5, 0.6) is 0 Å². The molecule has 0 bridgehead atoms. The lowest BCUT2D eigenvalue weighted by Crippen LogP contribution is -2.51. The molecule has 5 nitrogen and oxygen atoms in total. The van der Waals surface area contributed by atoms with E-state index in [1.165, 1.54) is 4.31 Å². The van der Waals surface area contributed by atoms with Crippen LogP contribution >= 0.6 is 0 Å². The highest BCUT2D eigenvalue weighted by molar-refractivity contribution is 7.88. The Kier molecular flexibility index (Phi) is 4.20. The van der Waals surface area contributed by atoms with Crippen LogP contribution in [0, 0.1) is 11.3 Å². The van der Waals surface area contributed by atoms with Crippen LogP contribution in [-0.4, -0.2) is 38.4 Å². The Morgan fingerprint density at radius 2 is 2.11 bits per heavy atom. The van der Waals surface area contributed by atoms with Gasteiger partial charge in [0.15, 0.2) is 0 Å². The summed E-state index contributed by atoms with van der Waals surface area (Å²) in [5, 5.41) is 11.9. The average Bonchev–Trinajstić information content (AvgIpc) is 2.39. The van der Waals surface area contributed by atoms with E-state index in [0.29, 0.717) is 30.8 Å². The summed E-state index contributed by atoms with van der Waals surface area (Å²) in [5.74, 6) is -0.00850. The highest BCUT2D eigenvalue weighted by Crippen LogP contribution is 2.13. The fourth-order valence-corrected chi connectivity index (χ4v) is 3.74. The fraction of sp³-hybridized carbons (Fsp3) is 0.462. The van der Waals surface area contributed by atoms with Crippen molar-refractivity contribution >= 4 is 10.0 Å². The van der Waals surface area contributed by atoms with Crippen molar-refractivity contribution in [2.45, 2.75) is 18.7 Å². The Bertz CT molecular complexity index is 575. The summed E-state index contributed by atoms with van der Waals surface area (Å²) >= 11 is 0. The molecule has 0 amide bonds. The maximum absolute atomic E-state index is 12.3. The van der Waals surface area contributed by atoms with E-state index in [2.05, 4.69) is 5.32 Å². The number of benzene rings is 1. The number of piperazine rings is 1. The SMILES string of the molecule is CC1CN(S(=O)(=O)Cc2ccc(C#N)cc2)CCN1. The monoisotopic (exact) mass is 279 g/mol. The number of nitriles is 1. The second-order valence-electron chi connectivity index (χ2n) is 4.78. The fourth-order valence-electron chi connectivity index (χ4n) is 2.13. The van der Waals surface area contributed by atoms with Gasteiger partial charge in [0, 0.05) is 25.7 Å². The predicted octanol–water partition coefficient (Wildman–Crippen LogP) is 0.682. The summed E-state index contributed by atoms with van der Waals surface area (Å²) in [6.07, 6.45) is 0. The molecule has 0 radical (unpaired) electrons. The van der Waals surface area contributed by atoms with E-state index >= 15 is 0 Å². The normalized spacial score (nSPS) is 20.9. The van der Waals surface area contributed by atoms with Gasteiger partial charge in [-0.3, -0.25) is 0 Å². The van der Waals surface area contributed by atoms with Gasteiger partial charge in [-0.2, -0.15) is 9.57 Å². The lowest BCUT2D eigenvalue weighted by atomic mass is 10.2. The quantitative estimate of drug-likeness (QED) is 0.883. The molecule has 1 aliphatic rings. The molecule has 1 aliphatic heterocycles. The Morgan fingerprint density at radius 1 is 1.42 bits per heavy atom. The maximum Gasteiger partial charge on any atom is 0.218 e. The van der Waals surface area contributed by atoms with Gasteiger partial charge in [0.2, 0.25) is 10.0 Å². The number of nitrogens with one attached hydrogen (secondary N) is 1. The van der Waals surface area contributed by atoms with Crippen LogP contribution in [-0.2, 0) is 15.8 Å². The van der Waals surface area contributed by atoms with Crippen molar-refractivity contribution in [1.29, 1.82) is 5.26 Å². The van der Waals surface area contributed by atoms with Crippen molar-refractivity contribution in [2.24, 2.45) is 0 Å². The largest absolute Gasteiger partial charge is 0.312 e. The topological polar surface area (TPSA) is 73.2 Å². The van der Waals surface area contributed by atoms with E-state index in [9.17, 15) is 8.42 Å². The molecule has 0 saturated carbocycles. The third-order valence-electron chi connectivity index (χ3n) is 3.16. The predicted molar refractivity (Wildman–Crippen MR) is 72.8 cm³/mol. The van der Waals surface area contributed by atoms with Crippen molar-refractivity contribution < 1.29 is 8.42 Å². The molecule has 1 aromatic carbocycles. The molecule has 1 atom stereocenters. The standard InChI is InChI=1S/C13H17N3O2S/c1-11-9-16(7-6-15-11)19(17,18)10-13-4-2-12(8-14)3-5-13/h2-5,11,15H,6-7,9-10H2,1H3. The molecule has 102 valence electrons. The van der Waals surface area contributed by atoms with Crippen molar-refractivity contribution in [3.63, 3.8) is 0 Å². The first-order valence-electron chi connectivity index (χ1n) is 6.21. The van der Waals surface area contributed by atoms with Gasteiger partial charge in [-0.1, -0.05) is 12.1 Å². The van der Waals surface area contributed by atoms with Crippen LogP contribution < -0.4 is 5.32 Å². The van der Waals surface area contributed by atoms with E-state index in [0.717, 1.165) is 0 Å². The molecular formula is C13H17N3O2S. The maximum atomic E-state index is 12.3. The molecule has 1 heterocycles. The smallest absolute Gasteiger partial charge is 0.218 e. The van der Waals surface area contributed by atoms with Gasteiger partial charge < -0.3 is 5.32 Å². The highest BCUT2D eigenvalue weighted by Gasteiger charge is 2.26. The van der Waals surface area contributed by atoms with Gasteiger partial charge in [-0.25, -0.2) is 8.42 Å². The van der Waals surface area contributed by atoms with Crippen LogP contribution in [0.25, 0.3) is 0 Å². The lowest BCUT2D eigenvalue weighted by molar-refractivity contribution is 0.310. The Balaban J connectivity index is 2.09. The summed E-state index contributed by atoms with van der Waals surface area (Å²) < 4.78 is 26.1. The molecule has 1 N–H and O–H groups in total. The van der Waals surface area contributed by atoms with E-state index in [-0.39, 0.29) is 11.8 Å². The summed E-state index contributed by atoms with van der Waals surface area (Å²) in [4.78, 5) is 0. The van der Waals surface area contributed by atoms with Crippen LogP contribution in [0.15, 0.2) is 24.3 Å². The van der Waals surface area contributed by atoms with Gasteiger partial charge in [-0.15, -0.1) is 0 Å². The van der Waals surface area contributed by atoms with Crippen LogP contribution in [0.4, 0.5) is 0 Å². The minimum atomic E-state index is -3.28. The summed E-state index contributed by atoms with van der Waals surface area (Å²) in [6, 6.07) is 8.88. The van der Waals surface area contributed by atoms with Gasteiger partial charge >= 0.3 is 0 Å². The second-order valence-corrected chi connectivity index (χ2v) is 6.75. The molecule has 0 aromatic heterocycles. The Labute approximate surface area is 113 Å². The third kappa shape index (κ3) is 3.53. The van der Waals surface area contributed by atoms with Crippen molar-refractivity contribution in [3.8, 4) is 6.07 Å². The summed E-state index contributed by atoms with van der Waals surface area (Å²) in [6.45, 7) is 3.69. The zero-order valence-electron chi connectivity index (χ0n) is 10.8. The van der Waals surface area contributed by atoms with Gasteiger partial charge in [0.05, 0.1) is 17.4 Å². The molecular weight excluding hydrogens is 262 g/mol. The second kappa shape index (κ2) is 5.70. The van der Waals surface area contributed by atoms with E-state index in [1.54, 1.807) is 24.3 Å². The first-order valence-corrected chi connectivity index (χ1v) is 7.82. The van der Waals surface area contributed by atoms with Crippen LogP contribution in [0.3, 0.4) is 0 Å². The molecule has 1 unspecified atom stereocenters. The van der Waals surface area contributed by atoms with E-state index in [4.69, 9.17) is 5.26 Å². The number of nitrogens with zero attached hydrogens (tertiary/aromatic N) is 2. The van der Waals surface area contributed by atoms with Gasteiger partial charge in [-0.05, 0) is 24.6 Å². The van der Waals surface area contributed by atoms with E-state index < -0.39 is 10.0 Å². The summed E-state index contributed by atoms with van der Waals surface area (Å²) in [7, 11) is -3.28. The molecule has 2 rings (SSSR count). The minimum absolute atomic E-state index is 0.00850. The highest BCUT2D eigenvalue weighted by atomic mass is 32.2. The minimum Gasteiger partial charge on any atom is -0.312 e. The molecule has 6 heteroatoms. The number of hydrogen-bond donors (Lipinski definition) is 1. The Morgan fingerprint density at radius 3 is 2.68 bits per heavy atom. The first-order chi connectivity index (χ1) is 9.01. The number of sulfonamides is 1. The number of hydrogen-bond acceptors (Lipinski definition) is 4. The molecule has 1 fully saturated rings. The molecule has 19 heavy (non-hydrogen) atoms. The molecule has 1 saturated heterocycles. The van der Waals surface area contributed by atoms with Crippen LogP contribution in [0.2, 0.25) is 0 Å². The van der Waals surface area contributed by atoms with Gasteiger partial charge in [0.25, 0.3) is 0 Å². The Hall–Kier alpha value is -1.42.